The van der Waals surface area contributed by atoms with Crippen LogP contribution < -0.4 is 5.73 Å². The smallest absolute Gasteiger partial charge is 0.0809 e. The lowest BCUT2D eigenvalue weighted by Crippen LogP contribution is -2.27. The van der Waals surface area contributed by atoms with Crippen molar-refractivity contribution in [2.24, 2.45) is 11.7 Å². The summed E-state index contributed by atoms with van der Waals surface area (Å²) in [4.78, 5) is 4.46. The highest BCUT2D eigenvalue weighted by molar-refractivity contribution is 7.17. The van der Waals surface area contributed by atoms with E-state index >= 15 is 0 Å². The number of thiophene rings is 1. The van der Waals surface area contributed by atoms with Gasteiger partial charge >= 0.3 is 0 Å². The van der Waals surface area contributed by atoms with E-state index in [2.05, 4.69) is 16.4 Å². The van der Waals surface area contributed by atoms with Crippen LogP contribution in [0.1, 0.15) is 24.4 Å². The quantitative estimate of drug-likeness (QED) is 0.889. The number of ether oxygens (including phenoxy) is 1. The third kappa shape index (κ3) is 2.20. The molecule has 90 valence electrons. The molecule has 2 aromatic heterocycles. The van der Waals surface area contributed by atoms with Gasteiger partial charge in [-0.3, -0.25) is 4.98 Å². The second kappa shape index (κ2) is 4.72. The molecule has 1 aliphatic heterocycles. The first-order valence-corrected chi connectivity index (χ1v) is 6.89. The maximum Gasteiger partial charge on any atom is 0.0809 e. The molecule has 3 rings (SSSR count). The summed E-state index contributed by atoms with van der Waals surface area (Å²) in [6.07, 6.45) is 4.04. The topological polar surface area (TPSA) is 48.1 Å². The summed E-state index contributed by atoms with van der Waals surface area (Å²) in [6.45, 7) is 1.68. The summed E-state index contributed by atoms with van der Waals surface area (Å²) in [5.41, 5.74) is 8.57. The molecule has 3 heterocycles. The molecule has 0 aliphatic carbocycles. The monoisotopic (exact) mass is 248 g/mol. The molecule has 0 radical (unpaired) electrons. The van der Waals surface area contributed by atoms with E-state index in [1.165, 1.54) is 4.70 Å². The van der Waals surface area contributed by atoms with Gasteiger partial charge in [0.05, 0.1) is 10.2 Å². The van der Waals surface area contributed by atoms with Crippen molar-refractivity contribution in [3.05, 3.63) is 29.3 Å². The van der Waals surface area contributed by atoms with E-state index in [-0.39, 0.29) is 6.04 Å². The maximum atomic E-state index is 6.34. The average molecular weight is 248 g/mol. The lowest BCUT2D eigenvalue weighted by atomic mass is 9.88. The van der Waals surface area contributed by atoms with Gasteiger partial charge in [-0.05, 0) is 41.8 Å². The fraction of sp³-hybridized carbons (Fsp3) is 0.462. The number of pyridine rings is 1. The van der Waals surface area contributed by atoms with Crippen molar-refractivity contribution in [1.29, 1.82) is 0 Å². The van der Waals surface area contributed by atoms with Gasteiger partial charge < -0.3 is 10.5 Å². The molecule has 1 atom stereocenters. The lowest BCUT2D eigenvalue weighted by molar-refractivity contribution is 0.0583. The molecule has 0 spiro atoms. The van der Waals surface area contributed by atoms with Gasteiger partial charge in [-0.2, -0.15) is 0 Å². The van der Waals surface area contributed by atoms with Crippen molar-refractivity contribution >= 4 is 21.6 Å². The molecule has 1 saturated heterocycles. The minimum absolute atomic E-state index is 0.0953. The fourth-order valence-electron chi connectivity index (χ4n) is 2.39. The van der Waals surface area contributed by atoms with Crippen molar-refractivity contribution in [2.45, 2.75) is 18.9 Å². The minimum atomic E-state index is 0.0953. The Kier molecular flexibility index (Phi) is 3.09. The molecule has 2 N–H and O–H groups in total. The number of nitrogens with zero attached hydrogens (tertiary/aromatic N) is 1. The Balaban J connectivity index is 1.86. The Morgan fingerprint density at radius 1 is 1.41 bits per heavy atom. The molecule has 4 heteroatoms. The van der Waals surface area contributed by atoms with E-state index in [0.29, 0.717) is 5.92 Å². The number of aromatic nitrogens is 1. The van der Waals surface area contributed by atoms with E-state index in [0.717, 1.165) is 37.1 Å². The van der Waals surface area contributed by atoms with Gasteiger partial charge in [-0.25, -0.2) is 0 Å². The number of fused-ring (bicyclic) bond motifs is 1. The SMILES string of the molecule is NC(c1cnc2ccsc2c1)C1CCOCC1. The Hall–Kier alpha value is -0.970. The van der Waals surface area contributed by atoms with Crippen LogP contribution in [0.2, 0.25) is 0 Å². The van der Waals surface area contributed by atoms with Gasteiger partial charge in [0.2, 0.25) is 0 Å². The van der Waals surface area contributed by atoms with Crippen LogP contribution in [0, 0.1) is 5.92 Å². The second-order valence-electron chi connectivity index (χ2n) is 4.55. The molecule has 1 aliphatic rings. The standard InChI is InChI=1S/C13H16N2OS/c14-13(9-1-4-16-5-2-9)10-7-12-11(15-8-10)3-6-17-12/h3,6-9,13H,1-2,4-5,14H2. The molecular formula is C13H16N2OS. The van der Waals surface area contributed by atoms with Crippen LogP contribution in [0.3, 0.4) is 0 Å². The molecule has 0 amide bonds. The summed E-state index contributed by atoms with van der Waals surface area (Å²) >= 11 is 1.72. The number of rotatable bonds is 2. The third-order valence-corrected chi connectivity index (χ3v) is 4.34. The first kappa shape index (κ1) is 11.1. The second-order valence-corrected chi connectivity index (χ2v) is 5.50. The normalized spacial score (nSPS) is 19.6. The summed E-state index contributed by atoms with van der Waals surface area (Å²) < 4.78 is 6.60. The van der Waals surface area contributed by atoms with E-state index in [4.69, 9.17) is 10.5 Å². The highest BCUT2D eigenvalue weighted by Crippen LogP contribution is 2.30. The van der Waals surface area contributed by atoms with Crippen LogP contribution in [-0.4, -0.2) is 18.2 Å². The van der Waals surface area contributed by atoms with Crippen molar-refractivity contribution in [2.75, 3.05) is 13.2 Å². The summed E-state index contributed by atoms with van der Waals surface area (Å²) in [7, 11) is 0. The zero-order valence-electron chi connectivity index (χ0n) is 9.63. The van der Waals surface area contributed by atoms with Crippen LogP contribution in [0.15, 0.2) is 23.7 Å². The van der Waals surface area contributed by atoms with Gasteiger partial charge in [0, 0.05) is 25.5 Å². The Morgan fingerprint density at radius 2 is 2.24 bits per heavy atom. The number of hydrogen-bond acceptors (Lipinski definition) is 4. The van der Waals surface area contributed by atoms with E-state index < -0.39 is 0 Å². The summed E-state index contributed by atoms with van der Waals surface area (Å²) in [5, 5.41) is 2.07. The maximum absolute atomic E-state index is 6.34. The third-order valence-electron chi connectivity index (χ3n) is 3.48. The summed E-state index contributed by atoms with van der Waals surface area (Å²) in [6, 6.07) is 4.33. The predicted molar refractivity (Wildman–Crippen MR) is 70.1 cm³/mol. The van der Waals surface area contributed by atoms with Gasteiger partial charge in [0.1, 0.15) is 0 Å². The largest absolute Gasteiger partial charge is 0.381 e. The van der Waals surface area contributed by atoms with E-state index in [1.807, 2.05) is 12.3 Å². The molecule has 0 aromatic carbocycles. The van der Waals surface area contributed by atoms with Crippen molar-refractivity contribution in [1.82, 2.24) is 4.98 Å². The molecular weight excluding hydrogens is 232 g/mol. The molecule has 1 unspecified atom stereocenters. The van der Waals surface area contributed by atoms with Crippen molar-refractivity contribution < 1.29 is 4.74 Å². The molecule has 0 saturated carbocycles. The number of nitrogens with two attached hydrogens (primary N) is 1. The van der Waals surface area contributed by atoms with Gasteiger partial charge in [0.15, 0.2) is 0 Å². The zero-order chi connectivity index (χ0) is 11.7. The van der Waals surface area contributed by atoms with Gasteiger partial charge in [-0.15, -0.1) is 11.3 Å². The predicted octanol–water partition coefficient (Wildman–Crippen LogP) is 2.72. The Morgan fingerprint density at radius 3 is 3.06 bits per heavy atom. The minimum Gasteiger partial charge on any atom is -0.381 e. The van der Waals surface area contributed by atoms with Gasteiger partial charge in [-0.1, -0.05) is 0 Å². The fourth-order valence-corrected chi connectivity index (χ4v) is 3.18. The van der Waals surface area contributed by atoms with E-state index in [9.17, 15) is 0 Å². The van der Waals surface area contributed by atoms with Crippen LogP contribution in [0.5, 0.6) is 0 Å². The molecule has 17 heavy (non-hydrogen) atoms. The van der Waals surface area contributed by atoms with Gasteiger partial charge in [0.25, 0.3) is 0 Å². The molecule has 3 nitrogen and oxygen atoms in total. The Labute approximate surface area is 105 Å². The molecule has 1 fully saturated rings. The van der Waals surface area contributed by atoms with Crippen molar-refractivity contribution in [3.63, 3.8) is 0 Å². The zero-order valence-corrected chi connectivity index (χ0v) is 10.5. The van der Waals surface area contributed by atoms with Crippen LogP contribution >= 0.6 is 11.3 Å². The highest BCUT2D eigenvalue weighted by Gasteiger charge is 2.22. The van der Waals surface area contributed by atoms with Crippen LogP contribution in [0.4, 0.5) is 0 Å². The Bertz CT molecular complexity index is 505. The molecule has 2 aromatic rings. The average Bonchev–Trinajstić information content (AvgIpc) is 2.86. The lowest BCUT2D eigenvalue weighted by Gasteiger charge is -2.27. The van der Waals surface area contributed by atoms with Crippen LogP contribution in [0.25, 0.3) is 10.2 Å². The van der Waals surface area contributed by atoms with Crippen molar-refractivity contribution in [3.8, 4) is 0 Å². The summed E-state index contributed by atoms with van der Waals surface area (Å²) in [5.74, 6) is 0.531. The first-order chi connectivity index (χ1) is 8.34. The highest BCUT2D eigenvalue weighted by atomic mass is 32.1. The number of hydrogen-bond donors (Lipinski definition) is 1. The van der Waals surface area contributed by atoms with Crippen LogP contribution in [-0.2, 0) is 4.74 Å². The first-order valence-electron chi connectivity index (χ1n) is 6.01. The molecule has 0 bridgehead atoms. The van der Waals surface area contributed by atoms with E-state index in [1.54, 1.807) is 11.3 Å².